The Balaban J connectivity index is 1.15. The highest BCUT2D eigenvalue weighted by atomic mass is 16.7. The van der Waals surface area contributed by atoms with Crippen molar-refractivity contribution < 1.29 is 124 Å². The number of carbonyl (C=O) groups excluding carboxylic acids is 12. The number of Topliss-reactive ketones (excluding diaryl/α,β-unsaturated/α-hetero) is 3. The largest absolute Gasteiger partial charge is 0.445 e. The van der Waals surface area contributed by atoms with E-state index in [9.17, 15) is 62.6 Å². The second-order valence-corrected chi connectivity index (χ2v) is 31.8. The molecule has 0 radical (unpaired) electrons. The molecule has 2 fully saturated rings. The van der Waals surface area contributed by atoms with E-state index in [4.69, 9.17) is 67.4 Å². The first kappa shape index (κ1) is 105. The number of benzene rings is 2. The number of nitrogens with one attached hydrogen (secondary N) is 3. The summed E-state index contributed by atoms with van der Waals surface area (Å²) in [6.45, 7) is 24.5. The lowest BCUT2D eigenvalue weighted by molar-refractivity contribution is -0.198. The third-order valence-corrected chi connectivity index (χ3v) is 21.6. The number of carbonyl (C=O) groups is 12. The van der Waals surface area contributed by atoms with Crippen molar-refractivity contribution in [2.24, 2.45) is 53.1 Å². The van der Waals surface area contributed by atoms with Gasteiger partial charge in [0.1, 0.15) is 12.4 Å². The Morgan fingerprint density at radius 1 is 0.587 bits per heavy atom. The number of likely N-dealkylation sites (tertiary alicyclic amines) is 1. The zero-order chi connectivity index (χ0) is 89.3. The number of aliphatic hydroxyl groups excluding tert-OH is 1. The number of ketones is 3. The molecule has 0 aliphatic carbocycles. The summed E-state index contributed by atoms with van der Waals surface area (Å²) in [4.78, 5) is 169. The standard InChI is InChI=1S/C87H140N8O26/c1-15-61(8)81(73(109-13)56-77(102)94-34-20-24-69(94)83(110-14)63(10)70(96)53-62(9)82(104)65-21-17-16-18-22-65)92(11)85(106)68(58(2)3)55-72(98)80(60(6)7)93(12)87(108)120-57-64-25-27-67(28-26-64)90-84(105)66(23-19-33-89-86(88)107)54-71(97)79(59(4)5)91-74(99)31-35-111-37-39-113-41-43-115-45-47-117-49-51-119-52-50-118-48-46-116-44-42-114-40-38-112-36-32-78(103)121-95-75(100)29-30-76(95)101/h16-18,21-22,25-28,58-63,66,68-69,73,79-83,104H,15,19-20,23-24,29-57H2,1-14H3,(H,90,105)(H,91,99)(H3,88,89,107)/t61?,62-,63-,66+,68-,69-,73+,79-,80-,81-,82+,83+/m0/s1. The quantitative estimate of drug-likeness (QED) is 0.0318. The summed E-state index contributed by atoms with van der Waals surface area (Å²) in [5.41, 5.74) is 6.96. The summed E-state index contributed by atoms with van der Waals surface area (Å²) >= 11 is 0. The molecule has 0 bridgehead atoms. The van der Waals surface area contributed by atoms with Crippen LogP contribution < -0.4 is 21.7 Å². The van der Waals surface area contributed by atoms with Gasteiger partial charge in [-0.2, -0.15) is 0 Å². The van der Waals surface area contributed by atoms with E-state index in [1.165, 1.54) is 19.1 Å². The molecule has 12 atom stereocenters. The van der Waals surface area contributed by atoms with E-state index in [0.717, 1.165) is 5.56 Å². The van der Waals surface area contributed by atoms with Crippen LogP contribution in [-0.4, -0.2) is 292 Å². The fourth-order valence-corrected chi connectivity index (χ4v) is 14.6. The summed E-state index contributed by atoms with van der Waals surface area (Å²) in [6.07, 6.45) is -0.934. The first-order valence-electron chi connectivity index (χ1n) is 42.7. The van der Waals surface area contributed by atoms with Crippen LogP contribution >= 0.6 is 0 Å². The number of nitrogens with zero attached hydrogens (tertiary/aromatic N) is 4. The molecule has 2 heterocycles. The van der Waals surface area contributed by atoms with Crippen molar-refractivity contribution in [3.63, 3.8) is 0 Å². The van der Waals surface area contributed by atoms with E-state index >= 15 is 0 Å². The predicted octanol–water partition coefficient (Wildman–Crippen LogP) is 7.40. The molecule has 0 saturated carbocycles. The predicted molar refractivity (Wildman–Crippen MR) is 446 cm³/mol. The minimum Gasteiger partial charge on any atom is -0.445 e. The maximum Gasteiger partial charge on any atom is 0.410 e. The lowest BCUT2D eigenvalue weighted by atomic mass is 9.83. The summed E-state index contributed by atoms with van der Waals surface area (Å²) in [5, 5.41) is 19.8. The number of imide groups is 1. The van der Waals surface area contributed by atoms with Crippen LogP contribution in [0.4, 0.5) is 15.3 Å². The Bertz CT molecular complexity index is 3410. The average molecular weight is 1710 g/mol. The summed E-state index contributed by atoms with van der Waals surface area (Å²) in [7, 11) is 6.23. The number of anilines is 1. The zero-order valence-corrected chi connectivity index (χ0v) is 73.9. The van der Waals surface area contributed by atoms with Crippen molar-refractivity contribution in [1.29, 1.82) is 0 Å². The van der Waals surface area contributed by atoms with Gasteiger partial charge >= 0.3 is 18.1 Å². The van der Waals surface area contributed by atoms with Gasteiger partial charge in [-0.15, -0.1) is 5.06 Å². The normalized spacial score (nSPS) is 16.4. The number of nitrogens with two attached hydrogens (primary N) is 1. The SMILES string of the molecule is CCC(C)[C@@H]([C@@H](CC(=O)N1CCC[C@H]1[C@H](OC)[C@@H](C)C(=O)C[C@H](C)[C@@H](O)c1ccccc1)OC)N(C)C(=O)[C@@H](CC(=O)[C@H](C(C)C)N(C)C(=O)OCc1ccc(NC(=O)[C@H](CCCNC(N)=O)CC(=O)[C@@H](NC(=O)CCOCCOCCOCCOCCOCCOCCOCCOCCOCCC(=O)ON2C(=O)CCC2=O)C(C)C)cc1)C(C)C. The maximum atomic E-state index is 14.9. The molecule has 34 heteroatoms. The molecule has 2 saturated heterocycles. The summed E-state index contributed by atoms with van der Waals surface area (Å²) in [6, 6.07) is 12.1. The van der Waals surface area contributed by atoms with Gasteiger partial charge in [0.2, 0.25) is 23.6 Å². The van der Waals surface area contributed by atoms with Crippen LogP contribution in [-0.2, 0) is 116 Å². The van der Waals surface area contributed by atoms with Crippen LogP contribution in [0.2, 0.25) is 0 Å². The number of methoxy groups -OCH3 is 2. The van der Waals surface area contributed by atoms with E-state index in [2.05, 4.69) is 16.0 Å². The van der Waals surface area contributed by atoms with Crippen molar-refractivity contribution in [3.05, 3.63) is 65.7 Å². The number of aliphatic hydroxyl groups is 1. The van der Waals surface area contributed by atoms with Gasteiger partial charge in [-0.3, -0.25) is 43.2 Å². The second-order valence-electron chi connectivity index (χ2n) is 31.8. The number of rotatable bonds is 66. The molecule has 121 heavy (non-hydrogen) atoms. The fraction of sp³-hybridized carbons (Fsp3) is 0.724. The van der Waals surface area contributed by atoms with Crippen molar-refractivity contribution in [2.45, 2.75) is 202 Å². The highest BCUT2D eigenvalue weighted by Crippen LogP contribution is 2.34. The maximum absolute atomic E-state index is 14.9. The molecule has 6 N–H and O–H groups in total. The van der Waals surface area contributed by atoms with Gasteiger partial charge in [0.05, 0.1) is 174 Å². The van der Waals surface area contributed by atoms with Crippen LogP contribution in [0.25, 0.3) is 0 Å². The Morgan fingerprint density at radius 3 is 1.59 bits per heavy atom. The van der Waals surface area contributed by atoms with Gasteiger partial charge in [-0.25, -0.2) is 14.4 Å². The Labute approximate surface area is 714 Å². The Kier molecular flexibility index (Phi) is 51.3. The van der Waals surface area contributed by atoms with Crippen molar-refractivity contribution in [1.82, 2.24) is 30.4 Å². The highest BCUT2D eigenvalue weighted by Gasteiger charge is 2.45. The van der Waals surface area contributed by atoms with Crippen LogP contribution in [0.3, 0.4) is 0 Å². The van der Waals surface area contributed by atoms with Crippen LogP contribution in [0, 0.1) is 47.3 Å². The molecule has 4 rings (SSSR count). The number of amides is 9. The second kappa shape index (κ2) is 58.9. The monoisotopic (exact) mass is 1710 g/mol. The molecule has 0 aromatic heterocycles. The smallest absolute Gasteiger partial charge is 0.410 e. The van der Waals surface area contributed by atoms with E-state index in [-0.39, 0.29) is 163 Å². The van der Waals surface area contributed by atoms with Gasteiger partial charge in [0.15, 0.2) is 11.6 Å². The molecule has 2 aromatic rings. The van der Waals surface area contributed by atoms with E-state index in [1.54, 1.807) is 62.1 Å². The van der Waals surface area contributed by atoms with Gasteiger partial charge in [0.25, 0.3) is 11.8 Å². The van der Waals surface area contributed by atoms with E-state index in [0.29, 0.717) is 134 Å². The minimum atomic E-state index is -0.977. The molecular formula is C87H140N8O26. The summed E-state index contributed by atoms with van der Waals surface area (Å²) in [5.74, 6) is -7.78. The van der Waals surface area contributed by atoms with Crippen molar-refractivity contribution in [3.8, 4) is 0 Å². The van der Waals surface area contributed by atoms with Gasteiger partial charge in [0, 0.05) is 103 Å². The molecule has 1 unspecified atom stereocenters. The number of urea groups is 1. The Morgan fingerprint density at radius 2 is 1.11 bits per heavy atom. The highest BCUT2D eigenvalue weighted by molar-refractivity contribution is 6.02. The van der Waals surface area contributed by atoms with Crippen LogP contribution in [0.15, 0.2) is 54.6 Å². The number of hydroxylamine groups is 2. The number of hydrogen-bond donors (Lipinski definition) is 5. The van der Waals surface area contributed by atoms with Gasteiger partial charge < -0.3 is 103 Å². The van der Waals surface area contributed by atoms with Crippen LogP contribution in [0.5, 0.6) is 0 Å². The molecule has 2 aliphatic rings. The minimum absolute atomic E-state index is 0.0314. The average Bonchev–Trinajstić information content (AvgIpc) is 1.77. The number of likely N-dealkylation sites (N-methyl/N-ethyl adjacent to an activating group) is 2. The number of hydrogen-bond acceptors (Lipinski definition) is 26. The molecule has 9 amide bonds. The fourth-order valence-electron chi connectivity index (χ4n) is 14.6. The van der Waals surface area contributed by atoms with E-state index in [1.807, 2.05) is 85.7 Å². The lowest BCUT2D eigenvalue weighted by Gasteiger charge is -2.41. The zero-order valence-electron chi connectivity index (χ0n) is 73.9. The first-order chi connectivity index (χ1) is 57.9. The molecule has 0 spiro atoms. The number of primary amides is 1. The first-order valence-corrected chi connectivity index (χ1v) is 42.7. The van der Waals surface area contributed by atoms with Crippen molar-refractivity contribution in [2.75, 3.05) is 166 Å². The van der Waals surface area contributed by atoms with Crippen molar-refractivity contribution >= 4 is 76.6 Å². The molecule has 2 aromatic carbocycles. The Hall–Kier alpha value is -8.00. The summed E-state index contributed by atoms with van der Waals surface area (Å²) < 4.78 is 67.4. The lowest BCUT2D eigenvalue weighted by Crippen LogP contribution is -2.54. The topological polar surface area (TPSA) is 420 Å². The van der Waals surface area contributed by atoms with Gasteiger partial charge in [-0.1, -0.05) is 118 Å². The molecular weight excluding hydrogens is 1570 g/mol. The third kappa shape index (κ3) is 38.8. The number of ether oxygens (including phenoxy) is 12. The molecule has 34 nitrogen and oxygen atoms in total. The van der Waals surface area contributed by atoms with Gasteiger partial charge in [-0.05, 0) is 78.5 Å². The van der Waals surface area contributed by atoms with E-state index < -0.39 is 102 Å². The molecule has 684 valence electrons. The third-order valence-electron chi connectivity index (χ3n) is 21.6. The molecule has 2 aliphatic heterocycles. The van der Waals surface area contributed by atoms with Crippen LogP contribution in [0.1, 0.15) is 170 Å².